The van der Waals surface area contributed by atoms with Gasteiger partial charge in [-0.15, -0.1) is 0 Å². The summed E-state index contributed by atoms with van der Waals surface area (Å²) >= 11 is 0. The van der Waals surface area contributed by atoms with Crippen LogP contribution in [0.4, 0.5) is 4.39 Å². The standard InChI is InChI=1S/C21H18FNO3/c1-13-3-4-16(14(2)9-13)12-23-20(25)11-17(21(23)26)10-19(24)15-5-7-18(22)8-6-15/h3-9,11H,10,12H2,1-2H3. The summed E-state index contributed by atoms with van der Waals surface area (Å²) in [5.41, 5.74) is 3.46. The number of hydrogen-bond donors (Lipinski definition) is 0. The third-order valence-corrected chi connectivity index (χ3v) is 4.43. The number of aryl methyl sites for hydroxylation is 2. The highest BCUT2D eigenvalue weighted by Gasteiger charge is 2.32. The molecule has 0 N–H and O–H groups in total. The van der Waals surface area contributed by atoms with Gasteiger partial charge in [0.2, 0.25) is 0 Å². The maximum Gasteiger partial charge on any atom is 0.257 e. The van der Waals surface area contributed by atoms with Crippen LogP contribution in [0.1, 0.15) is 33.5 Å². The minimum atomic E-state index is -0.453. The van der Waals surface area contributed by atoms with Gasteiger partial charge in [-0.2, -0.15) is 0 Å². The van der Waals surface area contributed by atoms with E-state index in [1.54, 1.807) is 0 Å². The molecule has 26 heavy (non-hydrogen) atoms. The van der Waals surface area contributed by atoms with Gasteiger partial charge in [0, 0.05) is 23.6 Å². The topological polar surface area (TPSA) is 54.5 Å². The van der Waals surface area contributed by atoms with E-state index in [1.165, 1.54) is 30.3 Å². The third kappa shape index (κ3) is 3.61. The maximum absolute atomic E-state index is 13.0. The summed E-state index contributed by atoms with van der Waals surface area (Å²) in [6.45, 7) is 4.08. The summed E-state index contributed by atoms with van der Waals surface area (Å²) in [5, 5.41) is 0. The number of amides is 2. The fourth-order valence-electron chi connectivity index (χ4n) is 2.94. The number of benzene rings is 2. The van der Waals surface area contributed by atoms with Crippen molar-refractivity contribution in [2.75, 3.05) is 0 Å². The van der Waals surface area contributed by atoms with Gasteiger partial charge in [0.1, 0.15) is 5.82 Å². The van der Waals surface area contributed by atoms with Crippen molar-refractivity contribution in [1.29, 1.82) is 0 Å². The van der Waals surface area contributed by atoms with Gasteiger partial charge in [0.25, 0.3) is 11.8 Å². The van der Waals surface area contributed by atoms with Crippen molar-refractivity contribution >= 4 is 17.6 Å². The molecule has 0 unspecified atom stereocenters. The molecule has 3 rings (SSSR count). The van der Waals surface area contributed by atoms with Gasteiger partial charge < -0.3 is 0 Å². The number of ketones is 1. The van der Waals surface area contributed by atoms with Crippen LogP contribution in [0.3, 0.4) is 0 Å². The predicted molar refractivity (Wildman–Crippen MR) is 94.9 cm³/mol. The molecule has 0 radical (unpaired) electrons. The van der Waals surface area contributed by atoms with Crippen molar-refractivity contribution in [3.63, 3.8) is 0 Å². The Balaban J connectivity index is 1.72. The van der Waals surface area contributed by atoms with Crippen molar-refractivity contribution in [2.24, 2.45) is 0 Å². The SMILES string of the molecule is Cc1ccc(CN2C(=O)C=C(CC(=O)c3ccc(F)cc3)C2=O)c(C)c1. The van der Waals surface area contributed by atoms with Crippen molar-refractivity contribution in [3.05, 3.63) is 82.2 Å². The van der Waals surface area contributed by atoms with Crippen LogP contribution in [0.15, 0.2) is 54.1 Å². The van der Waals surface area contributed by atoms with Crippen molar-refractivity contribution in [3.8, 4) is 0 Å². The van der Waals surface area contributed by atoms with E-state index in [2.05, 4.69) is 0 Å². The third-order valence-electron chi connectivity index (χ3n) is 4.43. The molecule has 2 aromatic carbocycles. The van der Waals surface area contributed by atoms with E-state index in [0.29, 0.717) is 5.56 Å². The summed E-state index contributed by atoms with van der Waals surface area (Å²) in [6.07, 6.45) is 1.03. The second kappa shape index (κ2) is 7.04. The Morgan fingerprint density at radius 1 is 1.04 bits per heavy atom. The second-order valence-corrected chi connectivity index (χ2v) is 6.44. The van der Waals surface area contributed by atoms with Crippen LogP contribution >= 0.6 is 0 Å². The van der Waals surface area contributed by atoms with E-state index in [-0.39, 0.29) is 24.3 Å². The number of hydrogen-bond acceptors (Lipinski definition) is 3. The molecule has 4 nitrogen and oxygen atoms in total. The molecule has 0 bridgehead atoms. The monoisotopic (exact) mass is 351 g/mol. The number of imide groups is 1. The Morgan fingerprint density at radius 2 is 1.73 bits per heavy atom. The molecule has 1 heterocycles. The zero-order valence-corrected chi connectivity index (χ0v) is 14.6. The number of nitrogens with zero attached hydrogens (tertiary/aromatic N) is 1. The number of carbonyl (C=O) groups excluding carboxylic acids is 3. The van der Waals surface area contributed by atoms with Gasteiger partial charge in [-0.3, -0.25) is 19.3 Å². The fourth-order valence-corrected chi connectivity index (χ4v) is 2.94. The lowest BCUT2D eigenvalue weighted by molar-refractivity contribution is -0.137. The number of Topliss-reactive ketones (excluding diaryl/α,β-unsaturated/α-hetero) is 1. The first kappa shape index (κ1) is 17.7. The average molecular weight is 351 g/mol. The molecular formula is C21H18FNO3. The zero-order chi connectivity index (χ0) is 18.8. The lowest BCUT2D eigenvalue weighted by Crippen LogP contribution is -2.31. The summed E-state index contributed by atoms with van der Waals surface area (Å²) < 4.78 is 13.0. The Kier molecular flexibility index (Phi) is 4.80. The predicted octanol–water partition coefficient (Wildman–Crippen LogP) is 3.51. The second-order valence-electron chi connectivity index (χ2n) is 6.44. The molecule has 2 aromatic rings. The van der Waals surface area contributed by atoms with Crippen molar-refractivity contribution < 1.29 is 18.8 Å². The fraction of sp³-hybridized carbons (Fsp3) is 0.190. The number of carbonyl (C=O) groups is 3. The Labute approximate surface area is 150 Å². The van der Waals surface area contributed by atoms with Crippen LogP contribution in [0.2, 0.25) is 0 Å². The molecule has 2 amide bonds. The Morgan fingerprint density at radius 3 is 2.38 bits per heavy atom. The molecule has 0 atom stereocenters. The molecule has 0 aliphatic carbocycles. The van der Waals surface area contributed by atoms with Crippen LogP contribution in [0.5, 0.6) is 0 Å². The molecule has 0 aromatic heterocycles. The lowest BCUT2D eigenvalue weighted by Gasteiger charge is -2.16. The van der Waals surface area contributed by atoms with E-state index in [1.807, 2.05) is 32.0 Å². The number of halogens is 1. The van der Waals surface area contributed by atoms with Crippen LogP contribution in [0.25, 0.3) is 0 Å². The highest BCUT2D eigenvalue weighted by atomic mass is 19.1. The average Bonchev–Trinajstić information content (AvgIpc) is 2.85. The van der Waals surface area contributed by atoms with Gasteiger partial charge in [-0.05, 0) is 49.2 Å². The van der Waals surface area contributed by atoms with Crippen LogP contribution in [-0.4, -0.2) is 22.5 Å². The Hall–Kier alpha value is -3.08. The van der Waals surface area contributed by atoms with Crippen molar-refractivity contribution in [1.82, 2.24) is 4.90 Å². The highest BCUT2D eigenvalue weighted by Crippen LogP contribution is 2.22. The molecule has 132 valence electrons. The maximum atomic E-state index is 13.0. The molecule has 0 fully saturated rings. The van der Waals surface area contributed by atoms with Crippen LogP contribution in [-0.2, 0) is 16.1 Å². The normalized spacial score (nSPS) is 14.0. The van der Waals surface area contributed by atoms with Gasteiger partial charge in [0.05, 0.1) is 6.54 Å². The molecule has 0 spiro atoms. The van der Waals surface area contributed by atoms with Gasteiger partial charge in [-0.25, -0.2) is 4.39 Å². The van der Waals surface area contributed by atoms with Crippen LogP contribution < -0.4 is 0 Å². The van der Waals surface area contributed by atoms with Gasteiger partial charge >= 0.3 is 0 Å². The zero-order valence-electron chi connectivity index (χ0n) is 14.6. The molecule has 0 saturated heterocycles. The minimum absolute atomic E-state index is 0.161. The van der Waals surface area contributed by atoms with Crippen molar-refractivity contribution in [2.45, 2.75) is 26.8 Å². The first-order chi connectivity index (χ1) is 12.3. The van der Waals surface area contributed by atoms with E-state index >= 15 is 0 Å². The molecule has 0 saturated carbocycles. The quantitative estimate of drug-likeness (QED) is 0.612. The van der Waals surface area contributed by atoms with Gasteiger partial charge in [0.15, 0.2) is 5.78 Å². The largest absolute Gasteiger partial charge is 0.294 e. The Bertz CT molecular complexity index is 929. The molecule has 5 heteroatoms. The summed E-state index contributed by atoms with van der Waals surface area (Å²) in [5.74, 6) is -1.64. The smallest absolute Gasteiger partial charge is 0.257 e. The lowest BCUT2D eigenvalue weighted by atomic mass is 10.0. The van der Waals surface area contributed by atoms with Gasteiger partial charge in [-0.1, -0.05) is 23.8 Å². The summed E-state index contributed by atoms with van der Waals surface area (Å²) in [7, 11) is 0. The number of rotatable bonds is 5. The highest BCUT2D eigenvalue weighted by molar-refractivity contribution is 6.18. The van der Waals surface area contributed by atoms with Crippen LogP contribution in [0, 0.1) is 19.7 Å². The molecule has 1 aliphatic rings. The van der Waals surface area contributed by atoms with E-state index in [0.717, 1.165) is 21.6 Å². The minimum Gasteiger partial charge on any atom is -0.294 e. The first-order valence-corrected chi connectivity index (χ1v) is 8.26. The van der Waals surface area contributed by atoms with E-state index in [4.69, 9.17) is 0 Å². The summed E-state index contributed by atoms with van der Waals surface area (Å²) in [4.78, 5) is 38.2. The van der Waals surface area contributed by atoms with E-state index < -0.39 is 17.6 Å². The van der Waals surface area contributed by atoms with E-state index in [9.17, 15) is 18.8 Å². The molecular weight excluding hydrogens is 333 g/mol. The molecule has 1 aliphatic heterocycles. The first-order valence-electron chi connectivity index (χ1n) is 8.26. The summed E-state index contributed by atoms with van der Waals surface area (Å²) in [6, 6.07) is 10.9.